The Morgan fingerprint density at radius 2 is 1.81 bits per heavy atom. The van der Waals surface area contributed by atoms with E-state index in [0.29, 0.717) is 11.3 Å². The van der Waals surface area contributed by atoms with E-state index in [1.165, 1.54) is 11.0 Å². The highest BCUT2D eigenvalue weighted by Crippen LogP contribution is 2.33. The van der Waals surface area contributed by atoms with Crippen LogP contribution in [0.1, 0.15) is 15.9 Å². The van der Waals surface area contributed by atoms with Gasteiger partial charge in [0.05, 0.1) is 22.8 Å². The van der Waals surface area contributed by atoms with Gasteiger partial charge in [0, 0.05) is 25.3 Å². The monoisotopic (exact) mass is 399 g/mol. The molecular weight excluding hydrogens is 383 g/mol. The fourth-order valence-electron chi connectivity index (χ4n) is 2.20. The summed E-state index contributed by atoms with van der Waals surface area (Å²) in [7, 11) is 3.23. The molecule has 144 valence electrons. The number of nitrogens with one attached hydrogen (secondary N) is 2. The van der Waals surface area contributed by atoms with Crippen LogP contribution in [-0.4, -0.2) is 37.4 Å². The highest BCUT2D eigenvalue weighted by molar-refractivity contribution is 6.33. The summed E-state index contributed by atoms with van der Waals surface area (Å²) in [6.07, 6.45) is -4.49. The molecule has 5 nitrogen and oxygen atoms in total. The van der Waals surface area contributed by atoms with E-state index in [2.05, 4.69) is 10.6 Å². The molecule has 2 amide bonds. The van der Waals surface area contributed by atoms with Crippen molar-refractivity contribution >= 4 is 34.8 Å². The van der Waals surface area contributed by atoms with Crippen LogP contribution in [0.3, 0.4) is 0 Å². The summed E-state index contributed by atoms with van der Waals surface area (Å²) in [5, 5.41) is 5.14. The first-order valence-electron chi connectivity index (χ1n) is 7.80. The molecule has 2 rings (SSSR count). The van der Waals surface area contributed by atoms with E-state index in [1.807, 2.05) is 0 Å². The predicted octanol–water partition coefficient (Wildman–Crippen LogP) is 4.11. The number of carbonyl (C=O) groups excluding carboxylic acids is 2. The van der Waals surface area contributed by atoms with Crippen molar-refractivity contribution in [3.63, 3.8) is 0 Å². The highest BCUT2D eigenvalue weighted by atomic mass is 35.5. The van der Waals surface area contributed by atoms with Crippen molar-refractivity contribution in [2.24, 2.45) is 0 Å². The third kappa shape index (κ3) is 5.62. The zero-order chi connectivity index (χ0) is 20.2. The molecule has 0 aliphatic heterocycles. The second-order valence-corrected chi connectivity index (χ2v) is 6.28. The van der Waals surface area contributed by atoms with E-state index in [-0.39, 0.29) is 23.2 Å². The van der Waals surface area contributed by atoms with Crippen LogP contribution in [0.2, 0.25) is 5.02 Å². The molecule has 0 aliphatic rings. The van der Waals surface area contributed by atoms with Crippen LogP contribution in [0.15, 0.2) is 42.5 Å². The number of carbonyl (C=O) groups is 2. The Kier molecular flexibility index (Phi) is 6.32. The Morgan fingerprint density at radius 1 is 1.11 bits per heavy atom. The summed E-state index contributed by atoms with van der Waals surface area (Å²) in [5.41, 5.74) is 0.172. The SMILES string of the molecule is CN(C)C(=O)c1cccc(NC(=O)CNc2ccc(C(F)(F)F)cc2Cl)c1. The number of amides is 2. The number of hydrogen-bond acceptors (Lipinski definition) is 3. The van der Waals surface area contributed by atoms with E-state index in [4.69, 9.17) is 11.6 Å². The van der Waals surface area contributed by atoms with Gasteiger partial charge in [-0.05, 0) is 36.4 Å². The largest absolute Gasteiger partial charge is 0.416 e. The molecule has 0 bridgehead atoms. The number of benzene rings is 2. The van der Waals surface area contributed by atoms with Crippen LogP contribution in [-0.2, 0) is 11.0 Å². The van der Waals surface area contributed by atoms with Gasteiger partial charge in [0.25, 0.3) is 5.91 Å². The van der Waals surface area contributed by atoms with E-state index in [0.717, 1.165) is 18.2 Å². The maximum atomic E-state index is 12.6. The van der Waals surface area contributed by atoms with E-state index >= 15 is 0 Å². The summed E-state index contributed by atoms with van der Waals surface area (Å²) < 4.78 is 37.9. The number of halogens is 4. The van der Waals surface area contributed by atoms with Crippen molar-refractivity contribution < 1.29 is 22.8 Å². The van der Waals surface area contributed by atoms with Crippen LogP contribution < -0.4 is 10.6 Å². The van der Waals surface area contributed by atoms with E-state index in [1.54, 1.807) is 32.3 Å². The second kappa shape index (κ2) is 8.30. The molecule has 27 heavy (non-hydrogen) atoms. The van der Waals surface area contributed by atoms with E-state index in [9.17, 15) is 22.8 Å². The molecule has 2 aromatic carbocycles. The van der Waals surface area contributed by atoms with Crippen LogP contribution in [0, 0.1) is 0 Å². The normalized spacial score (nSPS) is 11.0. The average molecular weight is 400 g/mol. The summed E-state index contributed by atoms with van der Waals surface area (Å²) in [6, 6.07) is 9.24. The van der Waals surface area contributed by atoms with Gasteiger partial charge in [-0.3, -0.25) is 9.59 Å². The second-order valence-electron chi connectivity index (χ2n) is 5.87. The third-order valence-corrected chi connectivity index (χ3v) is 3.85. The zero-order valence-electron chi connectivity index (χ0n) is 14.5. The summed E-state index contributed by atoms with van der Waals surface area (Å²) >= 11 is 5.83. The van der Waals surface area contributed by atoms with Crippen LogP contribution >= 0.6 is 11.6 Å². The van der Waals surface area contributed by atoms with Crippen molar-refractivity contribution in [3.8, 4) is 0 Å². The lowest BCUT2D eigenvalue weighted by atomic mass is 10.2. The van der Waals surface area contributed by atoms with Crippen LogP contribution in [0.25, 0.3) is 0 Å². The van der Waals surface area contributed by atoms with Crippen molar-refractivity contribution in [1.82, 2.24) is 4.90 Å². The molecule has 2 N–H and O–H groups in total. The Hall–Kier alpha value is -2.74. The Morgan fingerprint density at radius 3 is 2.41 bits per heavy atom. The predicted molar refractivity (Wildman–Crippen MR) is 98.0 cm³/mol. The summed E-state index contributed by atoms with van der Waals surface area (Å²) in [4.78, 5) is 25.4. The van der Waals surface area contributed by atoms with Gasteiger partial charge in [-0.25, -0.2) is 0 Å². The standard InChI is InChI=1S/C18H17ClF3N3O2/c1-25(2)17(27)11-4-3-5-13(8-11)24-16(26)10-23-15-7-6-12(9-14(15)19)18(20,21)22/h3-9,23H,10H2,1-2H3,(H,24,26). The van der Waals surface area contributed by atoms with Crippen molar-refractivity contribution in [3.05, 3.63) is 58.6 Å². The first-order valence-corrected chi connectivity index (χ1v) is 8.18. The molecule has 0 fully saturated rings. The quantitative estimate of drug-likeness (QED) is 0.795. The van der Waals surface area contributed by atoms with Gasteiger partial charge in [-0.1, -0.05) is 17.7 Å². The highest BCUT2D eigenvalue weighted by Gasteiger charge is 2.30. The minimum absolute atomic E-state index is 0.142. The van der Waals surface area contributed by atoms with Gasteiger partial charge in [0.1, 0.15) is 0 Å². The minimum atomic E-state index is -4.49. The molecular formula is C18H17ClF3N3O2. The lowest BCUT2D eigenvalue weighted by molar-refractivity contribution is -0.137. The fraction of sp³-hybridized carbons (Fsp3) is 0.222. The van der Waals surface area contributed by atoms with Crippen molar-refractivity contribution in [1.29, 1.82) is 0 Å². The molecule has 9 heteroatoms. The van der Waals surface area contributed by atoms with Gasteiger partial charge < -0.3 is 15.5 Å². The summed E-state index contributed by atoms with van der Waals surface area (Å²) in [5.74, 6) is -0.652. The smallest absolute Gasteiger partial charge is 0.375 e. The molecule has 0 aliphatic carbocycles. The van der Waals surface area contributed by atoms with Gasteiger partial charge in [-0.15, -0.1) is 0 Å². The Balaban J connectivity index is 1.99. The number of alkyl halides is 3. The molecule has 0 spiro atoms. The minimum Gasteiger partial charge on any atom is -0.375 e. The first-order chi connectivity index (χ1) is 12.6. The molecule has 0 aromatic heterocycles. The molecule has 2 aromatic rings. The molecule has 0 unspecified atom stereocenters. The lowest BCUT2D eigenvalue weighted by Crippen LogP contribution is -2.23. The van der Waals surface area contributed by atoms with Gasteiger partial charge in [0.15, 0.2) is 0 Å². The van der Waals surface area contributed by atoms with Crippen LogP contribution in [0.5, 0.6) is 0 Å². The molecule has 0 saturated carbocycles. The van der Waals surface area contributed by atoms with Crippen molar-refractivity contribution in [2.75, 3.05) is 31.3 Å². The summed E-state index contributed by atoms with van der Waals surface area (Å²) in [6.45, 7) is -0.211. The Bertz CT molecular complexity index is 854. The third-order valence-electron chi connectivity index (χ3n) is 3.54. The number of nitrogens with zero attached hydrogens (tertiary/aromatic N) is 1. The maximum absolute atomic E-state index is 12.6. The fourth-order valence-corrected chi connectivity index (χ4v) is 2.45. The zero-order valence-corrected chi connectivity index (χ0v) is 15.3. The lowest BCUT2D eigenvalue weighted by Gasteiger charge is -2.13. The van der Waals surface area contributed by atoms with E-state index < -0.39 is 17.6 Å². The molecule has 0 saturated heterocycles. The number of anilines is 2. The van der Waals surface area contributed by atoms with Gasteiger partial charge in [0.2, 0.25) is 5.91 Å². The topological polar surface area (TPSA) is 61.4 Å². The van der Waals surface area contributed by atoms with Crippen LogP contribution in [0.4, 0.5) is 24.5 Å². The van der Waals surface area contributed by atoms with Gasteiger partial charge >= 0.3 is 6.18 Å². The first kappa shape index (κ1) is 20.6. The van der Waals surface area contributed by atoms with Gasteiger partial charge in [-0.2, -0.15) is 13.2 Å². The molecule has 0 atom stereocenters. The van der Waals surface area contributed by atoms with Crippen molar-refractivity contribution in [2.45, 2.75) is 6.18 Å². The average Bonchev–Trinajstić information content (AvgIpc) is 2.59. The molecule has 0 radical (unpaired) electrons. The maximum Gasteiger partial charge on any atom is 0.416 e. The Labute approximate surface area is 159 Å². The number of hydrogen-bond donors (Lipinski definition) is 2. The number of rotatable bonds is 5. The molecule has 0 heterocycles.